The first-order chi connectivity index (χ1) is 7.13. The fourth-order valence-electron chi connectivity index (χ4n) is 1.82. The van der Waals surface area contributed by atoms with Gasteiger partial charge in [0.2, 0.25) is 0 Å². The van der Waals surface area contributed by atoms with Crippen LogP contribution in [-0.2, 0) is 4.74 Å². The Kier molecular flexibility index (Phi) is 2.23. The summed E-state index contributed by atoms with van der Waals surface area (Å²) in [4.78, 5) is 14.7. The van der Waals surface area contributed by atoms with Gasteiger partial charge in [-0.15, -0.1) is 0 Å². The second-order valence-electron chi connectivity index (χ2n) is 3.64. The van der Waals surface area contributed by atoms with Gasteiger partial charge in [0.15, 0.2) is 0 Å². The summed E-state index contributed by atoms with van der Waals surface area (Å²) in [6, 6.07) is 5.73. The van der Waals surface area contributed by atoms with Gasteiger partial charge in [-0.25, -0.2) is 4.79 Å². The molecule has 15 heavy (non-hydrogen) atoms. The number of benzene rings is 1. The minimum atomic E-state index is -0.284. The molecule has 0 fully saturated rings. The van der Waals surface area contributed by atoms with E-state index >= 15 is 0 Å². The van der Waals surface area contributed by atoms with Gasteiger partial charge in [0.05, 0.1) is 12.7 Å². The predicted octanol–water partition coefficient (Wildman–Crippen LogP) is 2.57. The highest BCUT2D eigenvalue weighted by atomic mass is 16.5. The van der Waals surface area contributed by atoms with Crippen molar-refractivity contribution >= 4 is 16.9 Å². The number of H-pyrrole nitrogens is 1. The maximum Gasteiger partial charge on any atom is 0.338 e. The molecular formula is C12H13NO2. The lowest BCUT2D eigenvalue weighted by atomic mass is 10.0. The van der Waals surface area contributed by atoms with Crippen molar-refractivity contribution in [3.63, 3.8) is 0 Å². The van der Waals surface area contributed by atoms with E-state index in [-0.39, 0.29) is 5.97 Å². The highest BCUT2D eigenvalue weighted by Gasteiger charge is 2.12. The Morgan fingerprint density at radius 2 is 2.07 bits per heavy atom. The summed E-state index contributed by atoms with van der Waals surface area (Å²) in [6.07, 6.45) is 0. The number of ether oxygens (including phenoxy) is 1. The van der Waals surface area contributed by atoms with Crippen LogP contribution in [0.15, 0.2) is 18.2 Å². The van der Waals surface area contributed by atoms with Crippen molar-refractivity contribution in [3.05, 3.63) is 35.0 Å². The van der Waals surface area contributed by atoms with Gasteiger partial charge in [-0.3, -0.25) is 0 Å². The van der Waals surface area contributed by atoms with Crippen LogP contribution < -0.4 is 0 Å². The number of esters is 1. The molecule has 2 aromatic rings. The van der Waals surface area contributed by atoms with E-state index in [9.17, 15) is 4.79 Å². The predicted molar refractivity (Wildman–Crippen MR) is 59.1 cm³/mol. The Labute approximate surface area is 88.1 Å². The third kappa shape index (κ3) is 1.50. The average molecular weight is 203 g/mol. The topological polar surface area (TPSA) is 42.1 Å². The summed E-state index contributed by atoms with van der Waals surface area (Å²) in [6.45, 7) is 3.93. The first-order valence-corrected chi connectivity index (χ1v) is 4.80. The molecular weight excluding hydrogens is 190 g/mol. The van der Waals surface area contributed by atoms with Gasteiger partial charge < -0.3 is 9.72 Å². The molecule has 0 bridgehead atoms. The standard InChI is InChI=1S/C12H13NO2/c1-7-6-10-8(2)9(12(14)15-3)4-5-11(10)13-7/h4-6,13H,1-3H3. The highest BCUT2D eigenvalue weighted by molar-refractivity contribution is 5.97. The van der Waals surface area contributed by atoms with Gasteiger partial charge in [-0.2, -0.15) is 0 Å². The zero-order chi connectivity index (χ0) is 11.0. The van der Waals surface area contributed by atoms with Crippen LogP contribution in [0.25, 0.3) is 10.9 Å². The molecule has 3 heteroatoms. The zero-order valence-electron chi connectivity index (χ0n) is 9.05. The lowest BCUT2D eigenvalue weighted by Gasteiger charge is -2.04. The molecule has 0 saturated carbocycles. The number of fused-ring (bicyclic) bond motifs is 1. The number of aromatic amines is 1. The largest absolute Gasteiger partial charge is 0.465 e. The van der Waals surface area contributed by atoms with Crippen LogP contribution in [0.2, 0.25) is 0 Å². The summed E-state index contributed by atoms with van der Waals surface area (Å²) in [5.41, 5.74) is 3.74. The number of carbonyl (C=O) groups is 1. The summed E-state index contributed by atoms with van der Waals surface area (Å²) >= 11 is 0. The molecule has 0 unspecified atom stereocenters. The third-order valence-electron chi connectivity index (χ3n) is 2.61. The van der Waals surface area contributed by atoms with Gasteiger partial charge in [0.1, 0.15) is 0 Å². The maximum atomic E-state index is 11.5. The van der Waals surface area contributed by atoms with Gasteiger partial charge in [-0.1, -0.05) is 0 Å². The molecule has 0 aliphatic rings. The Morgan fingerprint density at radius 3 is 2.73 bits per heavy atom. The monoisotopic (exact) mass is 203 g/mol. The number of hydrogen-bond donors (Lipinski definition) is 1. The smallest absolute Gasteiger partial charge is 0.338 e. The van der Waals surface area contributed by atoms with E-state index < -0.39 is 0 Å². The number of aryl methyl sites for hydroxylation is 2. The van der Waals surface area contributed by atoms with E-state index in [2.05, 4.69) is 4.98 Å². The van der Waals surface area contributed by atoms with E-state index in [1.165, 1.54) is 7.11 Å². The second-order valence-corrected chi connectivity index (χ2v) is 3.64. The molecule has 0 spiro atoms. The Hall–Kier alpha value is -1.77. The van der Waals surface area contributed by atoms with Crippen LogP contribution in [0.5, 0.6) is 0 Å². The van der Waals surface area contributed by atoms with Crippen LogP contribution in [0.4, 0.5) is 0 Å². The van der Waals surface area contributed by atoms with Crippen LogP contribution in [0, 0.1) is 13.8 Å². The second kappa shape index (κ2) is 3.42. The van der Waals surface area contributed by atoms with E-state index in [1.807, 2.05) is 26.0 Å². The van der Waals surface area contributed by atoms with Crippen molar-refractivity contribution in [2.75, 3.05) is 7.11 Å². The van der Waals surface area contributed by atoms with Gasteiger partial charge >= 0.3 is 5.97 Å². The summed E-state index contributed by atoms with van der Waals surface area (Å²) in [5, 5.41) is 1.08. The first-order valence-electron chi connectivity index (χ1n) is 4.80. The molecule has 1 N–H and O–H groups in total. The molecule has 0 radical (unpaired) electrons. The fraction of sp³-hybridized carbons (Fsp3) is 0.250. The molecule has 78 valence electrons. The van der Waals surface area contributed by atoms with E-state index in [1.54, 1.807) is 6.07 Å². The highest BCUT2D eigenvalue weighted by Crippen LogP contribution is 2.22. The number of nitrogens with one attached hydrogen (secondary N) is 1. The van der Waals surface area contributed by atoms with Crippen LogP contribution in [0.1, 0.15) is 21.6 Å². The lowest BCUT2D eigenvalue weighted by Crippen LogP contribution is -2.03. The molecule has 0 amide bonds. The van der Waals surface area contributed by atoms with Gasteiger partial charge in [0.25, 0.3) is 0 Å². The Morgan fingerprint density at radius 1 is 1.33 bits per heavy atom. The average Bonchev–Trinajstić information content (AvgIpc) is 2.59. The molecule has 1 heterocycles. The summed E-state index contributed by atoms with van der Waals surface area (Å²) in [7, 11) is 1.40. The van der Waals surface area contributed by atoms with Gasteiger partial charge in [0, 0.05) is 16.6 Å². The van der Waals surface area contributed by atoms with Crippen molar-refractivity contribution in [2.45, 2.75) is 13.8 Å². The number of rotatable bonds is 1. The molecule has 1 aromatic heterocycles. The van der Waals surface area contributed by atoms with E-state index in [0.717, 1.165) is 22.2 Å². The van der Waals surface area contributed by atoms with Crippen LogP contribution in [0.3, 0.4) is 0 Å². The van der Waals surface area contributed by atoms with Crippen molar-refractivity contribution in [2.24, 2.45) is 0 Å². The molecule has 1 aromatic carbocycles. The fourth-order valence-corrected chi connectivity index (χ4v) is 1.82. The number of carbonyl (C=O) groups excluding carboxylic acids is 1. The Balaban J connectivity index is 2.69. The first kappa shape index (κ1) is 9.77. The van der Waals surface area contributed by atoms with Crippen molar-refractivity contribution in [3.8, 4) is 0 Å². The number of hydrogen-bond acceptors (Lipinski definition) is 2. The SMILES string of the molecule is COC(=O)c1ccc2[nH]c(C)cc2c1C. The summed E-state index contributed by atoms with van der Waals surface area (Å²) < 4.78 is 4.72. The van der Waals surface area contributed by atoms with Crippen molar-refractivity contribution < 1.29 is 9.53 Å². The molecule has 0 aliphatic heterocycles. The molecule has 2 rings (SSSR count). The molecule has 0 saturated heterocycles. The van der Waals surface area contributed by atoms with Crippen LogP contribution >= 0.6 is 0 Å². The molecule has 0 aliphatic carbocycles. The molecule has 0 atom stereocenters. The lowest BCUT2D eigenvalue weighted by molar-refractivity contribution is 0.0600. The maximum absolute atomic E-state index is 11.5. The summed E-state index contributed by atoms with van der Waals surface area (Å²) in [5.74, 6) is -0.284. The normalized spacial score (nSPS) is 10.6. The van der Waals surface area contributed by atoms with Crippen LogP contribution in [-0.4, -0.2) is 18.1 Å². The minimum Gasteiger partial charge on any atom is -0.465 e. The van der Waals surface area contributed by atoms with Crippen molar-refractivity contribution in [1.29, 1.82) is 0 Å². The van der Waals surface area contributed by atoms with E-state index in [0.29, 0.717) is 5.56 Å². The third-order valence-corrected chi connectivity index (χ3v) is 2.61. The quantitative estimate of drug-likeness (QED) is 0.724. The zero-order valence-corrected chi connectivity index (χ0v) is 9.05. The van der Waals surface area contributed by atoms with Crippen molar-refractivity contribution in [1.82, 2.24) is 4.98 Å². The number of methoxy groups -OCH3 is 1. The van der Waals surface area contributed by atoms with Gasteiger partial charge in [-0.05, 0) is 37.6 Å². The van der Waals surface area contributed by atoms with E-state index in [4.69, 9.17) is 4.74 Å². The molecule has 3 nitrogen and oxygen atoms in total. The Bertz CT molecular complexity index is 526. The minimum absolute atomic E-state index is 0.284. The number of aromatic nitrogens is 1.